The standard InChI is InChI=1S/C18H21ClN2O3/c1-2-23-11-12-24-17-9-7-15(8-10-17)20-13-18(22)21-16-5-3-14(19)4-6-16/h3-10,20H,2,11-13H2,1H3,(H,21,22). The summed E-state index contributed by atoms with van der Waals surface area (Å²) < 4.78 is 10.7. The molecule has 0 atom stereocenters. The lowest BCUT2D eigenvalue weighted by Crippen LogP contribution is -2.21. The Kier molecular flexibility index (Phi) is 7.39. The monoisotopic (exact) mass is 348 g/mol. The highest BCUT2D eigenvalue weighted by Gasteiger charge is 2.03. The second kappa shape index (κ2) is 9.80. The zero-order valence-corrected chi connectivity index (χ0v) is 14.3. The van der Waals surface area contributed by atoms with Gasteiger partial charge < -0.3 is 20.1 Å². The van der Waals surface area contributed by atoms with Gasteiger partial charge in [-0.1, -0.05) is 11.6 Å². The summed E-state index contributed by atoms with van der Waals surface area (Å²) in [5.41, 5.74) is 1.56. The van der Waals surface area contributed by atoms with E-state index in [1.807, 2.05) is 31.2 Å². The van der Waals surface area contributed by atoms with Crippen molar-refractivity contribution < 1.29 is 14.3 Å². The number of ether oxygens (including phenoxy) is 2. The third-order valence-corrected chi connectivity index (χ3v) is 3.39. The van der Waals surface area contributed by atoms with Gasteiger partial charge in [0, 0.05) is 23.0 Å². The largest absolute Gasteiger partial charge is 0.491 e. The number of hydrogen-bond donors (Lipinski definition) is 2. The highest BCUT2D eigenvalue weighted by molar-refractivity contribution is 6.30. The lowest BCUT2D eigenvalue weighted by atomic mass is 10.3. The van der Waals surface area contributed by atoms with Crippen molar-refractivity contribution in [1.29, 1.82) is 0 Å². The number of halogens is 1. The Morgan fingerprint density at radius 3 is 2.33 bits per heavy atom. The highest BCUT2D eigenvalue weighted by atomic mass is 35.5. The molecule has 0 fully saturated rings. The number of carbonyl (C=O) groups excluding carboxylic acids is 1. The van der Waals surface area contributed by atoms with Crippen LogP contribution < -0.4 is 15.4 Å². The van der Waals surface area contributed by atoms with E-state index in [4.69, 9.17) is 21.1 Å². The van der Waals surface area contributed by atoms with E-state index in [-0.39, 0.29) is 12.5 Å². The Hall–Kier alpha value is -2.24. The molecule has 0 saturated heterocycles. The second-order valence-electron chi connectivity index (χ2n) is 4.98. The molecule has 128 valence electrons. The summed E-state index contributed by atoms with van der Waals surface area (Å²) in [5.74, 6) is 0.639. The van der Waals surface area contributed by atoms with Crippen LogP contribution in [0.3, 0.4) is 0 Å². The van der Waals surface area contributed by atoms with Crippen LogP contribution >= 0.6 is 11.6 Å². The summed E-state index contributed by atoms with van der Waals surface area (Å²) in [4.78, 5) is 11.9. The molecule has 0 radical (unpaired) electrons. The SMILES string of the molecule is CCOCCOc1ccc(NCC(=O)Nc2ccc(Cl)cc2)cc1. The van der Waals surface area contributed by atoms with E-state index >= 15 is 0 Å². The van der Waals surface area contributed by atoms with Crippen molar-refractivity contribution in [2.24, 2.45) is 0 Å². The Morgan fingerprint density at radius 2 is 1.67 bits per heavy atom. The van der Waals surface area contributed by atoms with Crippen molar-refractivity contribution in [1.82, 2.24) is 0 Å². The Bertz CT molecular complexity index is 630. The first kappa shape index (κ1) is 18.1. The topological polar surface area (TPSA) is 59.6 Å². The number of anilines is 2. The maximum absolute atomic E-state index is 11.9. The van der Waals surface area contributed by atoms with Gasteiger partial charge in [-0.25, -0.2) is 0 Å². The summed E-state index contributed by atoms with van der Waals surface area (Å²) in [5, 5.41) is 6.49. The van der Waals surface area contributed by atoms with Crippen LogP contribution in [-0.2, 0) is 9.53 Å². The summed E-state index contributed by atoms with van der Waals surface area (Å²) in [6, 6.07) is 14.4. The van der Waals surface area contributed by atoms with Gasteiger partial charge in [0.1, 0.15) is 12.4 Å². The van der Waals surface area contributed by atoms with Gasteiger partial charge in [0.2, 0.25) is 5.91 Å². The van der Waals surface area contributed by atoms with E-state index in [0.29, 0.717) is 30.5 Å². The molecule has 0 saturated carbocycles. The van der Waals surface area contributed by atoms with E-state index in [1.54, 1.807) is 24.3 Å². The Labute approximate surface area is 146 Å². The fourth-order valence-electron chi connectivity index (χ4n) is 1.95. The lowest BCUT2D eigenvalue weighted by Gasteiger charge is -2.09. The number of nitrogens with one attached hydrogen (secondary N) is 2. The fourth-order valence-corrected chi connectivity index (χ4v) is 2.08. The first-order chi connectivity index (χ1) is 11.7. The van der Waals surface area contributed by atoms with E-state index in [2.05, 4.69) is 10.6 Å². The summed E-state index contributed by atoms with van der Waals surface area (Å²) in [6.07, 6.45) is 0. The number of amides is 1. The summed E-state index contributed by atoms with van der Waals surface area (Å²) in [6.45, 7) is 3.90. The van der Waals surface area contributed by atoms with Crippen molar-refractivity contribution in [3.8, 4) is 5.75 Å². The maximum Gasteiger partial charge on any atom is 0.243 e. The minimum absolute atomic E-state index is 0.130. The lowest BCUT2D eigenvalue weighted by molar-refractivity contribution is -0.114. The van der Waals surface area contributed by atoms with Crippen LogP contribution in [-0.4, -0.2) is 32.3 Å². The molecule has 0 unspecified atom stereocenters. The van der Waals surface area contributed by atoms with Gasteiger partial charge >= 0.3 is 0 Å². The van der Waals surface area contributed by atoms with Crippen molar-refractivity contribution in [2.75, 3.05) is 37.0 Å². The van der Waals surface area contributed by atoms with Crippen LogP contribution in [0.1, 0.15) is 6.92 Å². The second-order valence-corrected chi connectivity index (χ2v) is 5.41. The molecule has 2 N–H and O–H groups in total. The molecule has 0 spiro atoms. The smallest absolute Gasteiger partial charge is 0.243 e. The molecule has 0 aliphatic rings. The highest BCUT2D eigenvalue weighted by Crippen LogP contribution is 2.16. The fraction of sp³-hybridized carbons (Fsp3) is 0.278. The van der Waals surface area contributed by atoms with Crippen molar-refractivity contribution in [2.45, 2.75) is 6.92 Å². The molecule has 2 rings (SSSR count). The van der Waals surface area contributed by atoms with Crippen molar-refractivity contribution in [3.05, 3.63) is 53.6 Å². The van der Waals surface area contributed by atoms with E-state index in [1.165, 1.54) is 0 Å². The Morgan fingerprint density at radius 1 is 1.00 bits per heavy atom. The molecule has 0 bridgehead atoms. The van der Waals surface area contributed by atoms with Crippen LogP contribution in [0.15, 0.2) is 48.5 Å². The average molecular weight is 349 g/mol. The molecule has 5 nitrogen and oxygen atoms in total. The zero-order valence-electron chi connectivity index (χ0n) is 13.5. The molecule has 0 aliphatic heterocycles. The average Bonchev–Trinajstić information content (AvgIpc) is 2.60. The minimum atomic E-state index is -0.130. The van der Waals surface area contributed by atoms with Gasteiger partial charge in [-0.15, -0.1) is 0 Å². The molecular formula is C18H21ClN2O3. The Balaban J connectivity index is 1.73. The molecule has 24 heavy (non-hydrogen) atoms. The van der Waals surface area contributed by atoms with Gasteiger partial charge in [0.25, 0.3) is 0 Å². The number of benzene rings is 2. The van der Waals surface area contributed by atoms with Gasteiger partial charge in [0.15, 0.2) is 0 Å². The van der Waals surface area contributed by atoms with Gasteiger partial charge in [0.05, 0.1) is 13.2 Å². The number of hydrogen-bond acceptors (Lipinski definition) is 4. The van der Waals surface area contributed by atoms with Crippen LogP contribution in [0.25, 0.3) is 0 Å². The van der Waals surface area contributed by atoms with Gasteiger partial charge in [-0.05, 0) is 55.5 Å². The first-order valence-electron chi connectivity index (χ1n) is 7.77. The van der Waals surface area contributed by atoms with E-state index in [9.17, 15) is 4.79 Å². The molecular weight excluding hydrogens is 328 g/mol. The normalized spacial score (nSPS) is 10.2. The molecule has 0 aliphatic carbocycles. The number of rotatable bonds is 9. The van der Waals surface area contributed by atoms with Crippen LogP contribution in [0.4, 0.5) is 11.4 Å². The maximum atomic E-state index is 11.9. The van der Waals surface area contributed by atoms with Crippen molar-refractivity contribution >= 4 is 28.9 Å². The molecule has 2 aromatic carbocycles. The summed E-state index contributed by atoms with van der Waals surface area (Å²) in [7, 11) is 0. The predicted octanol–water partition coefficient (Wildman–Crippen LogP) is 3.81. The third kappa shape index (κ3) is 6.48. The minimum Gasteiger partial charge on any atom is -0.491 e. The van der Waals surface area contributed by atoms with Gasteiger partial charge in [-0.3, -0.25) is 4.79 Å². The van der Waals surface area contributed by atoms with E-state index in [0.717, 1.165) is 11.4 Å². The molecule has 0 aromatic heterocycles. The molecule has 0 heterocycles. The van der Waals surface area contributed by atoms with Crippen LogP contribution in [0, 0.1) is 0 Å². The van der Waals surface area contributed by atoms with Crippen LogP contribution in [0.2, 0.25) is 5.02 Å². The predicted molar refractivity (Wildman–Crippen MR) is 97.0 cm³/mol. The third-order valence-electron chi connectivity index (χ3n) is 3.14. The molecule has 2 aromatic rings. The van der Waals surface area contributed by atoms with Crippen molar-refractivity contribution in [3.63, 3.8) is 0 Å². The summed E-state index contributed by atoms with van der Waals surface area (Å²) >= 11 is 5.81. The zero-order chi connectivity index (χ0) is 17.2. The molecule has 6 heteroatoms. The number of carbonyl (C=O) groups is 1. The first-order valence-corrected chi connectivity index (χ1v) is 8.15. The molecule has 1 amide bonds. The van der Waals surface area contributed by atoms with E-state index < -0.39 is 0 Å². The van der Waals surface area contributed by atoms with Gasteiger partial charge in [-0.2, -0.15) is 0 Å². The quantitative estimate of drug-likeness (QED) is 0.677. The van der Waals surface area contributed by atoms with Crippen LogP contribution in [0.5, 0.6) is 5.75 Å².